The summed E-state index contributed by atoms with van der Waals surface area (Å²) in [5.74, 6) is 0. The van der Waals surface area contributed by atoms with Gasteiger partial charge in [0.15, 0.2) is 0 Å². The fourth-order valence-electron chi connectivity index (χ4n) is 0.250. The maximum absolute atomic E-state index is 4.85. The normalized spacial score (nSPS) is 12.0. The molecule has 0 fully saturated rings. The summed E-state index contributed by atoms with van der Waals surface area (Å²) in [7, 11) is 2.25. The molecule has 0 atom stereocenters. The van der Waals surface area contributed by atoms with E-state index in [1.165, 1.54) is 21.3 Å². The van der Waals surface area contributed by atoms with Crippen LogP contribution in [0.1, 0.15) is 0 Å². The third-order valence-corrected chi connectivity index (χ3v) is 5.11. The summed E-state index contributed by atoms with van der Waals surface area (Å²) in [5.41, 5.74) is 0. The minimum Gasteiger partial charge on any atom is -0.369 e. The lowest BCUT2D eigenvalue weighted by Crippen LogP contribution is -2.35. The average Bonchev–Trinajstić information content (AvgIpc) is 1.87. The molecule has 0 aromatic rings. The molecule has 0 saturated heterocycles. The Bertz CT molecular complexity index is 57.3. The summed E-state index contributed by atoms with van der Waals surface area (Å²) in [4.78, 5) is 0. The number of hydrogen-bond acceptors (Lipinski definition) is 3. The second kappa shape index (κ2) is 3.57. The molecule has 8 heavy (non-hydrogen) atoms. The van der Waals surface area contributed by atoms with E-state index in [0.29, 0.717) is 0 Å². The van der Waals surface area contributed by atoms with Crippen LogP contribution >= 0.6 is 15.3 Å². The molecule has 0 aliphatic rings. The highest BCUT2D eigenvalue weighted by Gasteiger charge is 2.33. The molecule has 0 radical (unpaired) electrons. The molecule has 0 saturated carbocycles. The van der Waals surface area contributed by atoms with Crippen LogP contribution in [0.3, 0.4) is 0 Å². The molecular formula is C3H9BrO3Si. The minimum atomic E-state index is -2.36. The lowest BCUT2D eigenvalue weighted by molar-refractivity contribution is 0.155. The van der Waals surface area contributed by atoms with Crippen molar-refractivity contribution in [1.29, 1.82) is 0 Å². The van der Waals surface area contributed by atoms with Gasteiger partial charge in [-0.05, 0) is 15.3 Å². The van der Waals surface area contributed by atoms with E-state index in [2.05, 4.69) is 15.3 Å². The van der Waals surface area contributed by atoms with Gasteiger partial charge in [-0.15, -0.1) is 0 Å². The first kappa shape index (κ1) is 8.58. The van der Waals surface area contributed by atoms with Gasteiger partial charge in [-0.25, -0.2) is 0 Å². The number of rotatable bonds is 3. The van der Waals surface area contributed by atoms with Crippen molar-refractivity contribution in [2.45, 2.75) is 0 Å². The SMILES string of the molecule is CO[Si](Br)(OC)OC. The first-order valence-electron chi connectivity index (χ1n) is 2.03. The second-order valence-corrected chi connectivity index (χ2v) is 6.20. The van der Waals surface area contributed by atoms with Gasteiger partial charge in [-0.1, -0.05) is 0 Å². The standard InChI is InChI=1S/C3H9BrO3Si/c1-5-8(4,6-2)7-3/h1-3H3. The van der Waals surface area contributed by atoms with Gasteiger partial charge in [-0.3, -0.25) is 0 Å². The monoisotopic (exact) mass is 200 g/mol. The van der Waals surface area contributed by atoms with E-state index < -0.39 is 7.42 Å². The molecule has 0 heterocycles. The van der Waals surface area contributed by atoms with E-state index in [9.17, 15) is 0 Å². The molecule has 3 nitrogen and oxygen atoms in total. The Morgan fingerprint density at radius 2 is 1.25 bits per heavy atom. The fourth-order valence-corrected chi connectivity index (χ4v) is 0.750. The predicted octanol–water partition coefficient (Wildman–Crippen LogP) is 0.756. The molecule has 0 aromatic heterocycles. The first-order chi connectivity index (χ1) is 3.68. The third kappa shape index (κ3) is 2.23. The van der Waals surface area contributed by atoms with Crippen LogP contribution in [0.4, 0.5) is 0 Å². The van der Waals surface area contributed by atoms with Crippen molar-refractivity contribution < 1.29 is 13.3 Å². The molecule has 0 unspecified atom stereocenters. The van der Waals surface area contributed by atoms with Crippen LogP contribution in [0, 0.1) is 0 Å². The number of hydrogen-bond donors (Lipinski definition) is 0. The van der Waals surface area contributed by atoms with Crippen LogP contribution in [-0.4, -0.2) is 28.8 Å². The van der Waals surface area contributed by atoms with Crippen molar-refractivity contribution in [3.8, 4) is 0 Å². The van der Waals surface area contributed by atoms with Crippen molar-refractivity contribution >= 4 is 22.7 Å². The average molecular weight is 201 g/mol. The first-order valence-corrected chi connectivity index (χ1v) is 6.01. The van der Waals surface area contributed by atoms with Gasteiger partial charge in [0, 0.05) is 21.3 Å². The van der Waals surface area contributed by atoms with E-state index in [1.807, 2.05) is 0 Å². The van der Waals surface area contributed by atoms with E-state index in [4.69, 9.17) is 13.3 Å². The van der Waals surface area contributed by atoms with Crippen LogP contribution in [0.15, 0.2) is 0 Å². The Morgan fingerprint density at radius 1 is 1.00 bits per heavy atom. The molecule has 5 heteroatoms. The Labute approximate surface area is 57.9 Å². The van der Waals surface area contributed by atoms with Crippen molar-refractivity contribution in [2.24, 2.45) is 0 Å². The fraction of sp³-hybridized carbons (Fsp3) is 1.00. The lowest BCUT2D eigenvalue weighted by Gasteiger charge is -2.15. The highest BCUT2D eigenvalue weighted by Crippen LogP contribution is 2.12. The molecule has 50 valence electrons. The molecular weight excluding hydrogens is 192 g/mol. The quantitative estimate of drug-likeness (QED) is 0.498. The van der Waals surface area contributed by atoms with E-state index >= 15 is 0 Å². The maximum atomic E-state index is 4.85. The smallest absolute Gasteiger partial charge is 0.369 e. The van der Waals surface area contributed by atoms with E-state index in [-0.39, 0.29) is 0 Å². The van der Waals surface area contributed by atoms with Gasteiger partial charge in [0.25, 0.3) is 0 Å². The summed E-state index contributed by atoms with van der Waals surface area (Å²) in [6, 6.07) is 0. The Morgan fingerprint density at radius 3 is 1.25 bits per heavy atom. The molecule has 0 aromatic carbocycles. The highest BCUT2D eigenvalue weighted by atomic mass is 79.9. The van der Waals surface area contributed by atoms with Gasteiger partial charge in [0.2, 0.25) is 0 Å². The number of halogens is 1. The van der Waals surface area contributed by atoms with Crippen molar-refractivity contribution in [1.82, 2.24) is 0 Å². The zero-order valence-electron chi connectivity index (χ0n) is 5.10. The van der Waals surface area contributed by atoms with Crippen LogP contribution in [-0.2, 0) is 13.3 Å². The lowest BCUT2D eigenvalue weighted by atomic mass is 11.8. The molecule has 0 spiro atoms. The Kier molecular flexibility index (Phi) is 3.83. The summed E-state index contributed by atoms with van der Waals surface area (Å²) < 4.78 is 14.5. The van der Waals surface area contributed by atoms with Crippen molar-refractivity contribution in [2.75, 3.05) is 21.3 Å². The van der Waals surface area contributed by atoms with E-state index in [1.54, 1.807) is 0 Å². The zero-order chi connectivity index (χ0) is 6.62. The summed E-state index contributed by atoms with van der Waals surface area (Å²) >= 11 is 3.15. The molecule has 0 rings (SSSR count). The maximum Gasteiger partial charge on any atom is 0.579 e. The molecule has 0 N–H and O–H groups in total. The van der Waals surface area contributed by atoms with Crippen molar-refractivity contribution in [3.05, 3.63) is 0 Å². The molecule has 0 aliphatic carbocycles. The highest BCUT2D eigenvalue weighted by molar-refractivity contribution is 9.25. The largest absolute Gasteiger partial charge is 0.579 e. The second-order valence-electron chi connectivity index (χ2n) is 1.09. The molecule has 0 amide bonds. The molecule has 0 aliphatic heterocycles. The van der Waals surface area contributed by atoms with Gasteiger partial charge < -0.3 is 13.3 Å². The third-order valence-electron chi connectivity index (χ3n) is 0.731. The summed E-state index contributed by atoms with van der Waals surface area (Å²) in [6.07, 6.45) is 0. The zero-order valence-corrected chi connectivity index (χ0v) is 7.69. The van der Waals surface area contributed by atoms with Gasteiger partial charge >= 0.3 is 7.42 Å². The molecule has 0 bridgehead atoms. The van der Waals surface area contributed by atoms with Crippen LogP contribution < -0.4 is 0 Å². The predicted molar refractivity (Wildman–Crippen MR) is 35.7 cm³/mol. The Hall–Kier alpha value is 0.577. The van der Waals surface area contributed by atoms with Gasteiger partial charge in [-0.2, -0.15) is 0 Å². The topological polar surface area (TPSA) is 27.7 Å². The van der Waals surface area contributed by atoms with Gasteiger partial charge in [0.1, 0.15) is 0 Å². The van der Waals surface area contributed by atoms with E-state index in [0.717, 1.165) is 0 Å². The van der Waals surface area contributed by atoms with Crippen molar-refractivity contribution in [3.63, 3.8) is 0 Å². The minimum absolute atomic E-state index is 1.54. The Balaban J connectivity index is 3.58. The summed E-state index contributed by atoms with van der Waals surface area (Å²) in [6.45, 7) is 0. The van der Waals surface area contributed by atoms with Gasteiger partial charge in [0.05, 0.1) is 0 Å². The van der Waals surface area contributed by atoms with Crippen LogP contribution in [0.2, 0.25) is 0 Å². The summed E-state index contributed by atoms with van der Waals surface area (Å²) in [5, 5.41) is 0. The van der Waals surface area contributed by atoms with Crippen LogP contribution in [0.5, 0.6) is 0 Å². The van der Waals surface area contributed by atoms with Crippen LogP contribution in [0.25, 0.3) is 0 Å².